The Morgan fingerprint density at radius 3 is 0.838 bits per heavy atom. The molecular formula is C112H84B4O14S6. The van der Waals surface area contributed by atoms with Gasteiger partial charge in [-0.2, -0.15) is 0 Å². The summed E-state index contributed by atoms with van der Waals surface area (Å²) < 4.78 is 106. The summed E-state index contributed by atoms with van der Waals surface area (Å²) in [6.45, 7) is 33.4. The zero-order valence-electron chi connectivity index (χ0n) is 77.3. The van der Waals surface area contributed by atoms with Crippen molar-refractivity contribution in [3.8, 4) is 0 Å². The SMILES string of the molecule is CC1(C)OB(c2cc3oc4ccc5oc6cc7ccccc7c7oc(c2)c3c4c5c67)OC1(C)C.CC1(C)OB(c2cc3oc4ccc5sc6cc7ccccc7c7oc(c2)c3c4c5c67)OC1(C)C.CC1(C)OB(c2cc3oc4ccc5sc6cc7ccccc7c7sc(c2)c3c4c5c67)OC1(C)C.CC1(C)OB(c2cc3sc4ccc5sc6cc7ccccc7c7sc(c2)c3c4c5c67)OC1(C)C. The lowest BCUT2D eigenvalue weighted by molar-refractivity contribution is 0.00578. The highest BCUT2D eigenvalue weighted by molar-refractivity contribution is 7.32. The highest BCUT2D eigenvalue weighted by Crippen LogP contribution is 2.57. The van der Waals surface area contributed by atoms with Crippen molar-refractivity contribution < 1.29 is 63.7 Å². The van der Waals surface area contributed by atoms with E-state index in [4.69, 9.17) is 63.7 Å². The molecule has 0 unspecified atom stereocenters. The predicted octanol–water partition coefficient (Wildman–Crippen LogP) is 31.3. The molecule has 16 heterocycles. The van der Waals surface area contributed by atoms with Crippen LogP contribution in [-0.2, 0) is 37.2 Å². The third kappa shape index (κ3) is 11.3. The summed E-state index contributed by atoms with van der Waals surface area (Å²) in [4.78, 5) is 0. The van der Waals surface area contributed by atoms with Gasteiger partial charge in [0, 0.05) is 137 Å². The molecule has 0 bridgehead atoms. The number of benzene rings is 16. The van der Waals surface area contributed by atoms with Crippen LogP contribution in [0.2, 0.25) is 0 Å². The van der Waals surface area contributed by atoms with E-state index in [0.29, 0.717) is 0 Å². The van der Waals surface area contributed by atoms with Gasteiger partial charge < -0.3 is 63.7 Å². The minimum Gasteiger partial charge on any atom is -0.456 e. The quantitative estimate of drug-likeness (QED) is 0.154. The Morgan fingerprint density at radius 2 is 0.426 bits per heavy atom. The molecule has 28 aromatic rings. The van der Waals surface area contributed by atoms with Crippen LogP contribution in [0.1, 0.15) is 111 Å². The third-order valence-electron chi connectivity index (χ3n) is 31.4. The van der Waals surface area contributed by atoms with Gasteiger partial charge in [0.2, 0.25) is 0 Å². The summed E-state index contributed by atoms with van der Waals surface area (Å²) in [5, 5.41) is 28.9. The fourth-order valence-corrected chi connectivity index (χ4v) is 29.2. The van der Waals surface area contributed by atoms with Crippen molar-refractivity contribution in [1.82, 2.24) is 0 Å². The molecule has 24 heteroatoms. The van der Waals surface area contributed by atoms with E-state index in [0.717, 1.165) is 137 Å². The summed E-state index contributed by atoms with van der Waals surface area (Å²) >= 11 is 11.3. The van der Waals surface area contributed by atoms with Gasteiger partial charge in [0.25, 0.3) is 0 Å². The smallest absolute Gasteiger partial charge is 0.456 e. The molecule has 4 aliphatic rings. The Hall–Kier alpha value is -11.4. The van der Waals surface area contributed by atoms with E-state index < -0.39 is 43.8 Å². The van der Waals surface area contributed by atoms with Crippen molar-refractivity contribution in [2.75, 3.05) is 0 Å². The van der Waals surface area contributed by atoms with Crippen molar-refractivity contribution in [2.45, 2.75) is 156 Å². The molecule has 0 N–H and O–H groups in total. The lowest BCUT2D eigenvalue weighted by atomic mass is 9.78. The van der Waals surface area contributed by atoms with Gasteiger partial charge in [-0.1, -0.05) is 97.1 Å². The van der Waals surface area contributed by atoms with Crippen LogP contribution in [0.25, 0.3) is 253 Å². The first-order valence-corrected chi connectivity index (χ1v) is 51.4. The van der Waals surface area contributed by atoms with Crippen LogP contribution >= 0.6 is 68.0 Å². The van der Waals surface area contributed by atoms with E-state index in [9.17, 15) is 0 Å². The van der Waals surface area contributed by atoms with Crippen LogP contribution in [0, 0.1) is 0 Å². The van der Waals surface area contributed by atoms with E-state index in [1.165, 1.54) is 137 Å². The van der Waals surface area contributed by atoms with Crippen molar-refractivity contribution >= 4 is 371 Å². The van der Waals surface area contributed by atoms with Gasteiger partial charge in [0.1, 0.15) is 67.0 Å². The first kappa shape index (κ1) is 81.8. The Labute approximate surface area is 802 Å². The summed E-state index contributed by atoms with van der Waals surface area (Å²) in [5.41, 5.74) is 10.6. The monoisotopic (exact) mass is 1890 g/mol. The van der Waals surface area contributed by atoms with Gasteiger partial charge >= 0.3 is 28.5 Å². The van der Waals surface area contributed by atoms with Gasteiger partial charge in [-0.25, -0.2) is 0 Å². The molecule has 4 fully saturated rings. The van der Waals surface area contributed by atoms with Crippen LogP contribution in [0.4, 0.5) is 0 Å². The summed E-state index contributed by atoms with van der Waals surface area (Å²) in [5.74, 6) is 0. The number of hydrogen-bond acceptors (Lipinski definition) is 20. The van der Waals surface area contributed by atoms with Crippen molar-refractivity contribution in [3.05, 3.63) is 218 Å². The minimum atomic E-state index is -0.514. The Kier molecular flexibility index (Phi) is 16.5. The van der Waals surface area contributed by atoms with Crippen molar-refractivity contribution in [3.63, 3.8) is 0 Å². The van der Waals surface area contributed by atoms with Crippen LogP contribution in [0.3, 0.4) is 0 Å². The molecule has 12 aromatic heterocycles. The minimum absolute atomic E-state index is 0.355. The molecule has 4 saturated heterocycles. The Balaban J connectivity index is 0.0000000879. The van der Waals surface area contributed by atoms with Crippen molar-refractivity contribution in [2.24, 2.45) is 0 Å². The highest BCUT2D eigenvalue weighted by Gasteiger charge is 2.56. The molecule has 664 valence electrons. The van der Waals surface area contributed by atoms with Gasteiger partial charge in [-0.3, -0.25) is 0 Å². The maximum atomic E-state index is 6.83. The van der Waals surface area contributed by atoms with Gasteiger partial charge in [0.05, 0.1) is 61.0 Å². The summed E-state index contributed by atoms with van der Waals surface area (Å²) in [6.07, 6.45) is 0. The maximum Gasteiger partial charge on any atom is 0.495 e. The van der Waals surface area contributed by atoms with E-state index in [1.54, 1.807) is 0 Å². The third-order valence-corrected chi connectivity index (χ3v) is 38.2. The molecule has 16 aromatic carbocycles. The molecule has 0 aliphatic carbocycles. The largest absolute Gasteiger partial charge is 0.495 e. The second kappa shape index (κ2) is 27.4. The first-order valence-electron chi connectivity index (χ1n) is 46.5. The molecule has 0 spiro atoms. The fraction of sp³-hybridized carbons (Fsp3) is 0.214. The Bertz CT molecular complexity index is 8820. The van der Waals surface area contributed by atoms with Crippen LogP contribution in [0.15, 0.2) is 245 Å². The molecule has 0 amide bonds. The van der Waals surface area contributed by atoms with Crippen LogP contribution < -0.4 is 21.9 Å². The molecule has 14 nitrogen and oxygen atoms in total. The maximum absolute atomic E-state index is 6.83. The normalized spacial score (nSPS) is 18.2. The van der Waals surface area contributed by atoms with Gasteiger partial charge in [0.15, 0.2) is 0 Å². The topological polar surface area (TPSA) is 153 Å². The van der Waals surface area contributed by atoms with E-state index in [2.05, 4.69) is 287 Å². The second-order valence-electron chi connectivity index (χ2n) is 41.6. The molecular weight excluding hydrogens is 1800 g/mol. The van der Waals surface area contributed by atoms with Crippen LogP contribution in [0.5, 0.6) is 0 Å². The Morgan fingerprint density at radius 1 is 0.176 bits per heavy atom. The lowest BCUT2D eigenvalue weighted by Crippen LogP contribution is -2.41. The standard InChI is InChI=1S/C28H21BO5.C28H21BO4S.C28H21BO3S2.C28H21BO2S3/c1-27(2)28(3,4)34-29(33-27)15-12-20-22-21(13-15)32-26-16-8-6-5-7-14(16)11-19-25(26)24-18(30-19)10-9-17(31-20)23(22)24;1-27(2)28(3,4)33-29(32-27)15-12-18-22-19(13-15)31-26-16-8-6-5-7-14(16)11-21-25(26)24-20(34-21)10-9-17(30-18)23(22)24;1-27(2)28(3,4)32-29(31-27)15-12-18-22-21(13-15)34-26-16-8-6-5-7-14(16)11-20-25(26)24-19(33-20)10-9-17(30-18)23(22)24;1-27(2)28(3,4)31-29(30-27)15-12-20-22-21(13-15)34-26-16-8-6-5-7-14(16)11-19-25(26)24-18(32-19)10-9-17(33-20)23(22)24/h4*5-13H,1-4H3. The first-order chi connectivity index (χ1) is 65.2. The summed E-state index contributed by atoms with van der Waals surface area (Å²) in [7, 11) is -1.80. The summed E-state index contributed by atoms with van der Waals surface area (Å²) in [6, 6.07) is 77.6. The van der Waals surface area contributed by atoms with Gasteiger partial charge in [-0.05, 0) is 286 Å². The highest BCUT2D eigenvalue weighted by atomic mass is 32.1. The average molecular weight is 1890 g/mol. The van der Waals surface area contributed by atoms with E-state index >= 15 is 0 Å². The lowest BCUT2D eigenvalue weighted by Gasteiger charge is -2.32. The number of hydrogen-bond donors (Lipinski definition) is 0. The number of fused-ring (bicyclic) bond motifs is 8. The predicted molar refractivity (Wildman–Crippen MR) is 574 cm³/mol. The van der Waals surface area contributed by atoms with Crippen LogP contribution in [-0.4, -0.2) is 73.3 Å². The number of furan rings is 4. The molecule has 136 heavy (non-hydrogen) atoms. The molecule has 0 saturated carbocycles. The van der Waals surface area contributed by atoms with Crippen molar-refractivity contribution in [1.29, 1.82) is 0 Å². The zero-order valence-corrected chi connectivity index (χ0v) is 82.2. The fourth-order valence-electron chi connectivity index (χ4n) is 21.7. The zero-order chi connectivity index (χ0) is 91.9. The van der Waals surface area contributed by atoms with Gasteiger partial charge in [-0.15, -0.1) is 68.0 Å². The molecule has 0 atom stereocenters. The van der Waals surface area contributed by atoms with E-state index in [1.807, 2.05) is 110 Å². The average Bonchev–Trinajstić information content (AvgIpc) is 1.55. The second-order valence-corrected chi connectivity index (χ2v) is 48.0. The molecule has 32 rings (SSSR count). The number of thiophene rings is 4. The number of rotatable bonds is 4. The molecule has 0 radical (unpaired) electrons. The van der Waals surface area contributed by atoms with E-state index in [-0.39, 0.29) is 29.5 Å². The molecule has 4 aliphatic heterocycles.